The summed E-state index contributed by atoms with van der Waals surface area (Å²) in [4.78, 5) is 32.7. The van der Waals surface area contributed by atoms with E-state index >= 15 is 0 Å². The van der Waals surface area contributed by atoms with Gasteiger partial charge in [0, 0.05) is 5.56 Å². The summed E-state index contributed by atoms with van der Waals surface area (Å²) in [6.45, 7) is 3.98. The lowest BCUT2D eigenvalue weighted by Crippen LogP contribution is -2.40. The Hall–Kier alpha value is -4.23. The van der Waals surface area contributed by atoms with Crippen LogP contribution in [0.3, 0.4) is 0 Å². The number of hydrogen-bond donors (Lipinski definition) is 0. The highest BCUT2D eigenvalue weighted by atomic mass is 32.1. The molecule has 0 spiro atoms. The molecule has 1 aliphatic rings. The lowest BCUT2D eigenvalue weighted by molar-refractivity contribution is -0.138. The lowest BCUT2D eigenvalue weighted by atomic mass is 9.93. The van der Waals surface area contributed by atoms with E-state index in [4.69, 9.17) is 14.5 Å². The second-order valence-electron chi connectivity index (χ2n) is 8.62. The summed E-state index contributed by atoms with van der Waals surface area (Å²) in [5.41, 5.74) is 4.19. The van der Waals surface area contributed by atoms with Crippen molar-refractivity contribution in [3.05, 3.63) is 126 Å². The number of carbonyl (C=O) groups is 1. The molecule has 0 amide bonds. The fourth-order valence-electron chi connectivity index (χ4n) is 4.45. The Kier molecular flexibility index (Phi) is 6.88. The van der Waals surface area contributed by atoms with Crippen molar-refractivity contribution in [2.24, 2.45) is 4.99 Å². The SMILES string of the molecule is CCOC(=O)C1=C(c2ccccc2)N=c2s/c(=C/c3cccc(C)c3)c(=O)n2[C@@H]1c1ccc(OC)cc1. The van der Waals surface area contributed by atoms with E-state index in [-0.39, 0.29) is 12.2 Å². The molecule has 0 radical (unpaired) electrons. The maximum absolute atomic E-state index is 13.9. The van der Waals surface area contributed by atoms with Crippen molar-refractivity contribution in [3.63, 3.8) is 0 Å². The Balaban J connectivity index is 1.82. The fraction of sp³-hybridized carbons (Fsp3) is 0.167. The molecule has 0 aliphatic carbocycles. The molecule has 0 bridgehead atoms. The molecule has 186 valence electrons. The van der Waals surface area contributed by atoms with Crippen LogP contribution in [0.1, 0.15) is 35.2 Å². The molecule has 5 rings (SSSR count). The fourth-order valence-corrected chi connectivity index (χ4v) is 5.45. The zero-order chi connectivity index (χ0) is 25.9. The van der Waals surface area contributed by atoms with E-state index in [9.17, 15) is 9.59 Å². The van der Waals surface area contributed by atoms with Crippen LogP contribution in [0.15, 0.2) is 94.2 Å². The molecule has 37 heavy (non-hydrogen) atoms. The Bertz CT molecular complexity index is 1670. The van der Waals surface area contributed by atoms with Gasteiger partial charge in [0.05, 0.1) is 35.6 Å². The summed E-state index contributed by atoms with van der Waals surface area (Å²) < 4.78 is 13.0. The van der Waals surface area contributed by atoms with Crippen LogP contribution in [-0.2, 0) is 9.53 Å². The van der Waals surface area contributed by atoms with E-state index in [1.54, 1.807) is 18.6 Å². The van der Waals surface area contributed by atoms with Crippen molar-refractivity contribution in [2.45, 2.75) is 19.9 Å². The van der Waals surface area contributed by atoms with Crippen LogP contribution in [0.25, 0.3) is 11.8 Å². The summed E-state index contributed by atoms with van der Waals surface area (Å²) >= 11 is 1.31. The quantitative estimate of drug-likeness (QED) is 0.364. The highest BCUT2D eigenvalue weighted by Gasteiger charge is 2.35. The molecule has 0 saturated heterocycles. The molecule has 0 fully saturated rings. The van der Waals surface area contributed by atoms with Gasteiger partial charge < -0.3 is 9.47 Å². The summed E-state index contributed by atoms with van der Waals surface area (Å²) in [5.74, 6) is 0.180. The monoisotopic (exact) mass is 510 g/mol. The van der Waals surface area contributed by atoms with E-state index in [2.05, 4.69) is 0 Å². The van der Waals surface area contributed by atoms with Gasteiger partial charge >= 0.3 is 5.97 Å². The summed E-state index contributed by atoms with van der Waals surface area (Å²) in [5, 5.41) is 0. The molecular weight excluding hydrogens is 484 g/mol. The summed E-state index contributed by atoms with van der Waals surface area (Å²) in [6.07, 6.45) is 1.87. The molecular formula is C30H26N2O4S. The van der Waals surface area contributed by atoms with E-state index in [1.807, 2.05) is 91.9 Å². The molecule has 7 heteroatoms. The topological polar surface area (TPSA) is 69.9 Å². The van der Waals surface area contributed by atoms with Crippen LogP contribution >= 0.6 is 11.3 Å². The molecule has 4 aromatic rings. The number of hydrogen-bond acceptors (Lipinski definition) is 6. The predicted molar refractivity (Wildman–Crippen MR) is 145 cm³/mol. The second kappa shape index (κ2) is 10.4. The maximum atomic E-state index is 13.9. The van der Waals surface area contributed by atoms with Crippen LogP contribution < -0.4 is 19.6 Å². The first-order valence-electron chi connectivity index (χ1n) is 12.0. The average molecular weight is 511 g/mol. The standard InChI is InChI=1S/C30H26N2O4S/c1-4-36-29(34)25-26(21-11-6-5-7-12-21)31-30-32(27(25)22-13-15-23(35-3)16-14-22)28(33)24(37-30)18-20-10-8-9-19(2)17-20/h5-18,27H,4H2,1-3H3/b24-18+/t27-/m1/s1. The van der Waals surface area contributed by atoms with Crippen LogP contribution in [0.5, 0.6) is 5.75 Å². The number of rotatable bonds is 6. The van der Waals surface area contributed by atoms with Crippen LogP contribution in [0.4, 0.5) is 0 Å². The molecule has 1 atom stereocenters. The molecule has 0 N–H and O–H groups in total. The Morgan fingerprint density at radius 1 is 1.05 bits per heavy atom. The molecule has 3 aromatic carbocycles. The average Bonchev–Trinajstić information content (AvgIpc) is 3.22. The Labute approximate surface area is 218 Å². The first-order chi connectivity index (χ1) is 18.0. The zero-order valence-electron chi connectivity index (χ0n) is 20.8. The van der Waals surface area contributed by atoms with Crippen molar-refractivity contribution in [3.8, 4) is 5.75 Å². The largest absolute Gasteiger partial charge is 0.497 e. The number of benzene rings is 3. The Morgan fingerprint density at radius 3 is 2.49 bits per heavy atom. The van der Waals surface area contributed by atoms with Crippen molar-refractivity contribution < 1.29 is 14.3 Å². The molecule has 2 heterocycles. The molecule has 0 unspecified atom stereocenters. The van der Waals surface area contributed by atoms with E-state index in [0.717, 1.165) is 22.3 Å². The minimum atomic E-state index is -0.712. The van der Waals surface area contributed by atoms with Gasteiger partial charge in [-0.3, -0.25) is 9.36 Å². The number of esters is 1. The van der Waals surface area contributed by atoms with E-state index in [1.165, 1.54) is 11.3 Å². The first kappa shape index (κ1) is 24.5. The number of aryl methyl sites for hydroxylation is 1. The van der Waals surface area contributed by atoms with Gasteiger partial charge in [0.2, 0.25) is 0 Å². The normalized spacial score (nSPS) is 15.2. The van der Waals surface area contributed by atoms with Crippen molar-refractivity contribution >= 4 is 29.1 Å². The minimum Gasteiger partial charge on any atom is -0.497 e. The van der Waals surface area contributed by atoms with E-state index < -0.39 is 12.0 Å². The van der Waals surface area contributed by atoms with Gasteiger partial charge in [-0.25, -0.2) is 9.79 Å². The second-order valence-corrected chi connectivity index (χ2v) is 9.63. The smallest absolute Gasteiger partial charge is 0.338 e. The van der Waals surface area contributed by atoms with Gasteiger partial charge in [0.25, 0.3) is 5.56 Å². The number of thiazole rings is 1. The highest BCUT2D eigenvalue weighted by Crippen LogP contribution is 2.35. The van der Waals surface area contributed by atoms with Gasteiger partial charge in [-0.2, -0.15) is 0 Å². The first-order valence-corrected chi connectivity index (χ1v) is 12.8. The third-order valence-corrected chi connectivity index (χ3v) is 7.13. The third kappa shape index (κ3) is 4.78. The third-order valence-electron chi connectivity index (χ3n) is 6.15. The molecule has 6 nitrogen and oxygen atoms in total. The highest BCUT2D eigenvalue weighted by molar-refractivity contribution is 7.07. The van der Waals surface area contributed by atoms with Crippen molar-refractivity contribution in [1.29, 1.82) is 0 Å². The molecule has 0 saturated carbocycles. The minimum absolute atomic E-state index is 0.206. The van der Waals surface area contributed by atoms with Crippen molar-refractivity contribution in [2.75, 3.05) is 13.7 Å². The predicted octanol–water partition coefficient (Wildman–Crippen LogP) is 4.25. The number of fused-ring (bicyclic) bond motifs is 1. The van der Waals surface area contributed by atoms with Crippen LogP contribution in [0.2, 0.25) is 0 Å². The van der Waals surface area contributed by atoms with E-state index in [0.29, 0.717) is 26.4 Å². The Morgan fingerprint density at radius 2 is 1.81 bits per heavy atom. The van der Waals surface area contributed by atoms with Gasteiger partial charge in [-0.05, 0) is 43.2 Å². The van der Waals surface area contributed by atoms with Gasteiger partial charge in [0.1, 0.15) is 5.75 Å². The van der Waals surface area contributed by atoms with Gasteiger partial charge in [-0.1, -0.05) is 83.6 Å². The number of aromatic nitrogens is 1. The zero-order valence-corrected chi connectivity index (χ0v) is 21.6. The lowest BCUT2D eigenvalue weighted by Gasteiger charge is -2.26. The maximum Gasteiger partial charge on any atom is 0.338 e. The number of carbonyl (C=O) groups excluding carboxylic acids is 1. The van der Waals surface area contributed by atoms with Gasteiger partial charge in [-0.15, -0.1) is 0 Å². The van der Waals surface area contributed by atoms with Crippen LogP contribution in [0, 0.1) is 6.92 Å². The molecule has 1 aliphatic heterocycles. The molecule has 1 aromatic heterocycles. The summed E-state index contributed by atoms with van der Waals surface area (Å²) in [6, 6.07) is 24.2. The van der Waals surface area contributed by atoms with Crippen LogP contribution in [-0.4, -0.2) is 24.3 Å². The van der Waals surface area contributed by atoms with Gasteiger partial charge in [0.15, 0.2) is 4.80 Å². The number of nitrogens with zero attached hydrogens (tertiary/aromatic N) is 2. The number of ether oxygens (including phenoxy) is 2. The van der Waals surface area contributed by atoms with Crippen molar-refractivity contribution in [1.82, 2.24) is 4.57 Å². The number of methoxy groups -OCH3 is 1. The summed E-state index contributed by atoms with van der Waals surface area (Å²) in [7, 11) is 1.60.